The summed E-state index contributed by atoms with van der Waals surface area (Å²) >= 11 is 0. The van der Waals surface area contributed by atoms with Gasteiger partial charge >= 0.3 is 5.97 Å². The van der Waals surface area contributed by atoms with Crippen LogP contribution in [0.2, 0.25) is 0 Å². The third kappa shape index (κ3) is 6.81. The number of ether oxygens (including phenoxy) is 1. The monoisotopic (exact) mass is 466 g/mol. The summed E-state index contributed by atoms with van der Waals surface area (Å²) in [5.41, 5.74) is 3.68. The van der Waals surface area contributed by atoms with Crippen LogP contribution in [0.4, 0.5) is 0 Å². The lowest BCUT2D eigenvalue weighted by Gasteiger charge is -2.25. The summed E-state index contributed by atoms with van der Waals surface area (Å²) < 4.78 is 5.17. The number of hydrogen-bond donors (Lipinski definition) is 3. The molecule has 2 heterocycles. The second-order valence-electron chi connectivity index (χ2n) is 7.90. The van der Waals surface area contributed by atoms with E-state index >= 15 is 0 Å². The lowest BCUT2D eigenvalue weighted by Crippen LogP contribution is -2.47. The molecule has 9 nitrogen and oxygen atoms in total. The summed E-state index contributed by atoms with van der Waals surface area (Å²) in [6, 6.07) is 12.7. The summed E-state index contributed by atoms with van der Waals surface area (Å²) in [6.07, 6.45) is 5.26. The van der Waals surface area contributed by atoms with Crippen molar-refractivity contribution in [3.05, 3.63) is 71.7 Å². The highest BCUT2D eigenvalue weighted by atomic mass is 16.5. The number of carbonyl (C=O) groups excluding carboxylic acids is 4. The van der Waals surface area contributed by atoms with E-state index < -0.39 is 17.8 Å². The van der Waals surface area contributed by atoms with Crippen molar-refractivity contribution in [3.8, 4) is 0 Å². The van der Waals surface area contributed by atoms with E-state index in [1.165, 1.54) is 0 Å². The second kappa shape index (κ2) is 12.4. The molecule has 0 radical (unpaired) electrons. The van der Waals surface area contributed by atoms with Crippen LogP contribution in [0.3, 0.4) is 0 Å². The molecule has 180 valence electrons. The van der Waals surface area contributed by atoms with Crippen molar-refractivity contribution in [2.24, 2.45) is 5.92 Å². The number of rotatable bonds is 10. The maximum Gasteiger partial charge on any atom is 0.356 e. The minimum Gasteiger partial charge on any atom is -0.461 e. The van der Waals surface area contributed by atoms with Crippen LogP contribution in [0.5, 0.6) is 0 Å². The highest BCUT2D eigenvalue weighted by Gasteiger charge is 2.28. The van der Waals surface area contributed by atoms with Crippen LogP contribution >= 0.6 is 0 Å². The molecule has 34 heavy (non-hydrogen) atoms. The highest BCUT2D eigenvalue weighted by Crippen LogP contribution is 2.18. The predicted octanol–water partition coefficient (Wildman–Crippen LogP) is 2.48. The van der Waals surface area contributed by atoms with Gasteiger partial charge in [0, 0.05) is 25.1 Å². The number of carbonyl (C=O) groups is 4. The second-order valence-corrected chi connectivity index (χ2v) is 7.90. The summed E-state index contributed by atoms with van der Waals surface area (Å²) in [7, 11) is 0. The fourth-order valence-electron chi connectivity index (χ4n) is 3.71. The van der Waals surface area contributed by atoms with Crippen molar-refractivity contribution in [2.75, 3.05) is 13.2 Å². The number of nitrogens with zero attached hydrogens (tertiary/aromatic N) is 1. The number of amides is 3. The number of hydrazine groups is 1. The number of aromatic amines is 1. The van der Waals surface area contributed by atoms with Gasteiger partial charge in [-0.2, -0.15) is 0 Å². The first-order valence-electron chi connectivity index (χ1n) is 11.5. The van der Waals surface area contributed by atoms with Gasteiger partial charge in [0.2, 0.25) is 11.8 Å². The number of allylic oxidation sites excluding steroid dienone is 1. The molecule has 9 heteroatoms. The van der Waals surface area contributed by atoms with Crippen LogP contribution in [0.1, 0.15) is 48.7 Å². The Bertz CT molecular complexity index is 1020. The maximum atomic E-state index is 13.2. The van der Waals surface area contributed by atoms with Crippen LogP contribution in [0.15, 0.2) is 60.4 Å². The number of aromatic nitrogens is 1. The Morgan fingerprint density at radius 2 is 1.97 bits per heavy atom. The summed E-state index contributed by atoms with van der Waals surface area (Å²) in [5.74, 6) is -1.90. The Labute approximate surface area is 198 Å². The molecule has 1 aromatic carbocycles. The van der Waals surface area contributed by atoms with E-state index in [9.17, 15) is 19.2 Å². The molecule has 1 saturated heterocycles. The fraction of sp³-hybridized carbons (Fsp3) is 0.360. The third-order valence-electron chi connectivity index (χ3n) is 5.52. The van der Waals surface area contributed by atoms with Crippen LogP contribution < -0.4 is 10.7 Å². The van der Waals surface area contributed by atoms with Crippen molar-refractivity contribution in [3.63, 3.8) is 0 Å². The quantitative estimate of drug-likeness (QED) is 0.282. The normalized spacial score (nSPS) is 15.5. The van der Waals surface area contributed by atoms with Crippen molar-refractivity contribution >= 4 is 23.7 Å². The minimum absolute atomic E-state index is 0.0121. The Kier molecular flexibility index (Phi) is 9.02. The number of benzene rings is 1. The van der Waals surface area contributed by atoms with Crippen molar-refractivity contribution in [2.45, 2.75) is 39.0 Å². The van der Waals surface area contributed by atoms with Gasteiger partial charge in [0.25, 0.3) is 5.91 Å². The summed E-state index contributed by atoms with van der Waals surface area (Å²) in [4.78, 5) is 53.4. The van der Waals surface area contributed by atoms with Gasteiger partial charge in [-0.25, -0.2) is 9.80 Å². The minimum atomic E-state index is -0.724. The maximum absolute atomic E-state index is 13.2. The molecule has 0 spiro atoms. The first-order valence-corrected chi connectivity index (χ1v) is 11.5. The van der Waals surface area contributed by atoms with Crippen molar-refractivity contribution in [1.29, 1.82) is 0 Å². The molecule has 3 rings (SSSR count). The van der Waals surface area contributed by atoms with Gasteiger partial charge in [-0.05, 0) is 50.3 Å². The van der Waals surface area contributed by atoms with Gasteiger partial charge in [-0.3, -0.25) is 19.8 Å². The number of nitrogens with one attached hydrogen (secondary N) is 3. The average Bonchev–Trinajstić information content (AvgIpc) is 3.52. The van der Waals surface area contributed by atoms with Gasteiger partial charge in [0.05, 0.1) is 6.61 Å². The molecule has 0 saturated carbocycles. The van der Waals surface area contributed by atoms with Gasteiger partial charge in [0.1, 0.15) is 11.4 Å². The smallest absolute Gasteiger partial charge is 0.356 e. The zero-order valence-electron chi connectivity index (χ0n) is 19.2. The molecule has 1 aliphatic heterocycles. The number of esters is 1. The van der Waals surface area contributed by atoms with Crippen LogP contribution in [-0.4, -0.2) is 46.8 Å². The SMILES string of the molecule is CCOC(=O)/C(=C/CC[C@H]1CCNC1=O)N(NC(=O)c1ccc[nH]1)C(=O)CCc1ccccc1. The Balaban J connectivity index is 1.81. The van der Waals surface area contributed by atoms with Gasteiger partial charge < -0.3 is 15.0 Å². The van der Waals surface area contributed by atoms with Gasteiger partial charge in [-0.15, -0.1) is 0 Å². The van der Waals surface area contributed by atoms with Crippen molar-refractivity contribution in [1.82, 2.24) is 20.7 Å². The molecule has 1 fully saturated rings. The molecule has 1 aromatic heterocycles. The van der Waals surface area contributed by atoms with Crippen LogP contribution in [-0.2, 0) is 25.5 Å². The Morgan fingerprint density at radius 1 is 1.18 bits per heavy atom. The largest absolute Gasteiger partial charge is 0.461 e. The van der Waals surface area contributed by atoms with E-state index in [0.717, 1.165) is 17.0 Å². The zero-order valence-corrected chi connectivity index (χ0v) is 19.2. The molecule has 3 N–H and O–H groups in total. The Morgan fingerprint density at radius 3 is 2.62 bits per heavy atom. The molecule has 1 aliphatic rings. The number of hydrogen-bond acceptors (Lipinski definition) is 5. The average molecular weight is 467 g/mol. The summed E-state index contributed by atoms with van der Waals surface area (Å²) in [6.45, 7) is 2.41. The van der Waals surface area contributed by atoms with E-state index in [1.807, 2.05) is 30.3 Å². The lowest BCUT2D eigenvalue weighted by atomic mass is 10.0. The topological polar surface area (TPSA) is 121 Å². The van der Waals surface area contributed by atoms with E-state index in [0.29, 0.717) is 25.8 Å². The van der Waals surface area contributed by atoms with Crippen molar-refractivity contribution < 1.29 is 23.9 Å². The number of aryl methyl sites for hydroxylation is 1. The first kappa shape index (κ1) is 24.8. The molecule has 0 bridgehead atoms. The number of H-pyrrole nitrogens is 1. The molecule has 0 unspecified atom stereocenters. The first-order chi connectivity index (χ1) is 16.5. The molecule has 3 amide bonds. The molecular formula is C25H30N4O5. The predicted molar refractivity (Wildman–Crippen MR) is 125 cm³/mol. The molecular weight excluding hydrogens is 436 g/mol. The van der Waals surface area contributed by atoms with Crippen LogP contribution in [0, 0.1) is 5.92 Å². The van der Waals surface area contributed by atoms with E-state index in [2.05, 4.69) is 15.7 Å². The van der Waals surface area contributed by atoms with Gasteiger partial charge in [-0.1, -0.05) is 36.4 Å². The van der Waals surface area contributed by atoms with E-state index in [-0.39, 0.29) is 36.2 Å². The standard InChI is InChI=1S/C25H30N4O5/c1-2-34-25(33)21(12-6-10-19-15-17-27-23(19)31)29(28-24(32)20-11-7-16-26-20)22(30)14-13-18-8-4-3-5-9-18/h3-5,7-9,11-12,16,19,26H,2,6,10,13-15,17H2,1H3,(H,27,31)(H,28,32)/b21-12-/t19-/m0/s1. The van der Waals surface area contributed by atoms with E-state index in [4.69, 9.17) is 4.74 Å². The van der Waals surface area contributed by atoms with Crippen LogP contribution in [0.25, 0.3) is 0 Å². The fourth-order valence-corrected chi connectivity index (χ4v) is 3.71. The highest BCUT2D eigenvalue weighted by molar-refractivity contribution is 5.98. The zero-order chi connectivity index (χ0) is 24.3. The van der Waals surface area contributed by atoms with E-state index in [1.54, 1.807) is 31.3 Å². The Hall–Kier alpha value is -3.88. The van der Waals surface area contributed by atoms with Gasteiger partial charge in [0.15, 0.2) is 0 Å². The summed E-state index contributed by atoms with van der Waals surface area (Å²) in [5, 5.41) is 3.76. The molecule has 1 atom stereocenters. The lowest BCUT2D eigenvalue weighted by molar-refractivity contribution is -0.145. The molecule has 0 aliphatic carbocycles. The third-order valence-corrected chi connectivity index (χ3v) is 5.52. The molecule has 2 aromatic rings.